The van der Waals surface area contributed by atoms with Crippen molar-refractivity contribution in [2.45, 2.75) is 21.6 Å². The smallest absolute Gasteiger partial charge is 0.247 e. The lowest BCUT2D eigenvalue weighted by Gasteiger charge is -2.31. The maximum Gasteiger partial charge on any atom is 0.247 e. The second-order valence-electron chi connectivity index (χ2n) is 7.03. The molecule has 2 aromatic carbocycles. The van der Waals surface area contributed by atoms with Gasteiger partial charge in [0.15, 0.2) is 5.25 Å². The molecule has 1 fully saturated rings. The second-order valence-corrected chi connectivity index (χ2v) is 10.4. The summed E-state index contributed by atoms with van der Waals surface area (Å²) in [6, 6.07) is 11.3. The highest BCUT2D eigenvalue weighted by Gasteiger charge is 2.36. The van der Waals surface area contributed by atoms with Gasteiger partial charge in [0.05, 0.1) is 23.8 Å². The molecule has 0 bridgehead atoms. The maximum absolute atomic E-state index is 12.7. The number of morpholine rings is 1. The van der Waals surface area contributed by atoms with Crippen LogP contribution in [0.5, 0.6) is 0 Å². The minimum Gasteiger partial charge on any atom is -0.378 e. The molecule has 4 rings (SSSR count). The van der Waals surface area contributed by atoms with Crippen LogP contribution in [0, 0.1) is 0 Å². The third-order valence-corrected chi connectivity index (χ3v) is 7.84. The number of nitrogens with one attached hydrogen (secondary N) is 2. The van der Waals surface area contributed by atoms with E-state index in [9.17, 15) is 18.0 Å². The zero-order valence-corrected chi connectivity index (χ0v) is 18.7. The first-order chi connectivity index (χ1) is 14.8. The standard InChI is InChI=1S/C20H20ClN3O5S2/c21-14-3-1-13(2-4-14)12-22-31(27,28)15-5-6-17-16(11-15)23-19(25)18(30-17)20(26)24-7-9-29-10-8-24/h1-6,11,18,22H,7-10,12H2,(H,23,25). The Balaban J connectivity index is 1.47. The van der Waals surface area contributed by atoms with Gasteiger partial charge in [0.1, 0.15) is 0 Å². The van der Waals surface area contributed by atoms with Crippen LogP contribution in [-0.2, 0) is 30.9 Å². The first-order valence-corrected chi connectivity index (χ1v) is 12.3. The van der Waals surface area contributed by atoms with Gasteiger partial charge < -0.3 is 15.0 Å². The first kappa shape index (κ1) is 22.1. The van der Waals surface area contributed by atoms with Crippen molar-refractivity contribution < 1.29 is 22.7 Å². The van der Waals surface area contributed by atoms with Crippen molar-refractivity contribution in [2.24, 2.45) is 0 Å². The average molecular weight is 482 g/mol. The summed E-state index contributed by atoms with van der Waals surface area (Å²) in [5.41, 5.74) is 1.13. The lowest BCUT2D eigenvalue weighted by atomic mass is 10.2. The number of thioether (sulfide) groups is 1. The molecule has 2 N–H and O–H groups in total. The van der Waals surface area contributed by atoms with Crippen LogP contribution in [0.3, 0.4) is 0 Å². The number of nitrogens with zero attached hydrogens (tertiary/aromatic N) is 1. The topological polar surface area (TPSA) is 105 Å². The van der Waals surface area contributed by atoms with Gasteiger partial charge in [-0.15, -0.1) is 11.8 Å². The molecule has 0 aromatic heterocycles. The molecule has 164 valence electrons. The van der Waals surface area contributed by atoms with Crippen molar-refractivity contribution in [3.05, 3.63) is 53.1 Å². The predicted octanol–water partition coefficient (Wildman–Crippen LogP) is 2.09. The molecule has 1 unspecified atom stereocenters. The Kier molecular flexibility index (Phi) is 6.54. The fourth-order valence-corrected chi connectivity index (χ4v) is 5.45. The van der Waals surface area contributed by atoms with Crippen molar-refractivity contribution in [1.82, 2.24) is 9.62 Å². The molecule has 1 atom stereocenters. The molecule has 0 saturated carbocycles. The third-order valence-electron chi connectivity index (χ3n) is 4.93. The predicted molar refractivity (Wildman–Crippen MR) is 118 cm³/mol. The van der Waals surface area contributed by atoms with E-state index in [1.54, 1.807) is 35.2 Å². The molecule has 2 aliphatic heterocycles. The SMILES string of the molecule is O=C1Nc2cc(S(=O)(=O)NCc3ccc(Cl)cc3)ccc2SC1C(=O)N1CCOCC1. The number of benzene rings is 2. The van der Waals surface area contributed by atoms with E-state index in [4.69, 9.17) is 16.3 Å². The highest BCUT2D eigenvalue weighted by atomic mass is 35.5. The lowest BCUT2D eigenvalue weighted by Crippen LogP contribution is -2.49. The minimum atomic E-state index is -3.80. The Bertz CT molecular complexity index is 1100. The number of halogens is 1. The number of ether oxygens (including phenoxy) is 1. The van der Waals surface area contributed by atoms with E-state index in [1.807, 2.05) is 0 Å². The number of hydrogen-bond acceptors (Lipinski definition) is 6. The fourth-order valence-electron chi connectivity index (χ4n) is 3.23. The van der Waals surface area contributed by atoms with E-state index < -0.39 is 21.2 Å². The Morgan fingerprint density at radius 1 is 1.19 bits per heavy atom. The van der Waals surface area contributed by atoms with E-state index in [-0.39, 0.29) is 17.3 Å². The van der Waals surface area contributed by atoms with Gasteiger partial charge in [-0.2, -0.15) is 0 Å². The molecule has 31 heavy (non-hydrogen) atoms. The largest absolute Gasteiger partial charge is 0.378 e. The number of amides is 2. The van der Waals surface area contributed by atoms with Gasteiger partial charge >= 0.3 is 0 Å². The van der Waals surface area contributed by atoms with E-state index in [0.717, 1.165) is 17.3 Å². The Morgan fingerprint density at radius 3 is 2.61 bits per heavy atom. The summed E-state index contributed by atoms with van der Waals surface area (Å²) in [6.45, 7) is 1.91. The Labute approximate surface area is 189 Å². The monoisotopic (exact) mass is 481 g/mol. The van der Waals surface area contributed by atoms with Crippen LogP contribution in [0.1, 0.15) is 5.56 Å². The normalized spacial score (nSPS) is 18.9. The molecule has 2 aliphatic rings. The summed E-state index contributed by atoms with van der Waals surface area (Å²) >= 11 is 6.97. The molecule has 2 aromatic rings. The van der Waals surface area contributed by atoms with E-state index in [1.165, 1.54) is 12.1 Å². The van der Waals surface area contributed by atoms with Crippen molar-refractivity contribution in [3.63, 3.8) is 0 Å². The zero-order chi connectivity index (χ0) is 22.0. The summed E-state index contributed by atoms with van der Waals surface area (Å²) in [6.07, 6.45) is 0. The fraction of sp³-hybridized carbons (Fsp3) is 0.300. The van der Waals surface area contributed by atoms with E-state index in [0.29, 0.717) is 41.9 Å². The summed E-state index contributed by atoms with van der Waals surface area (Å²) in [5, 5.41) is 2.34. The highest BCUT2D eigenvalue weighted by molar-refractivity contribution is 8.01. The number of hydrogen-bond donors (Lipinski definition) is 2. The molecule has 0 spiro atoms. The van der Waals surface area contributed by atoms with Crippen molar-refractivity contribution in [1.29, 1.82) is 0 Å². The van der Waals surface area contributed by atoms with Gasteiger partial charge in [-0.3, -0.25) is 9.59 Å². The maximum atomic E-state index is 12.7. The van der Waals surface area contributed by atoms with Gasteiger partial charge in [-0.1, -0.05) is 23.7 Å². The van der Waals surface area contributed by atoms with Crippen molar-refractivity contribution >= 4 is 50.9 Å². The third kappa shape index (κ3) is 5.04. The molecule has 2 heterocycles. The second kappa shape index (κ2) is 9.17. The molecule has 0 radical (unpaired) electrons. The van der Waals surface area contributed by atoms with Crippen LogP contribution < -0.4 is 10.0 Å². The van der Waals surface area contributed by atoms with Crippen LogP contribution in [0.4, 0.5) is 5.69 Å². The first-order valence-electron chi connectivity index (χ1n) is 9.56. The molecule has 1 saturated heterocycles. The van der Waals surface area contributed by atoms with E-state index >= 15 is 0 Å². The van der Waals surface area contributed by atoms with Gasteiger partial charge in [0.25, 0.3) is 0 Å². The Hall–Kier alpha value is -2.11. The van der Waals surface area contributed by atoms with Gasteiger partial charge in [-0.25, -0.2) is 13.1 Å². The van der Waals surface area contributed by atoms with Crippen LogP contribution in [0.15, 0.2) is 52.3 Å². The minimum absolute atomic E-state index is 0.0269. The Morgan fingerprint density at radius 2 is 1.90 bits per heavy atom. The summed E-state index contributed by atoms with van der Waals surface area (Å²) in [4.78, 5) is 27.6. The zero-order valence-electron chi connectivity index (χ0n) is 16.3. The van der Waals surface area contributed by atoms with Crippen molar-refractivity contribution in [2.75, 3.05) is 31.6 Å². The van der Waals surface area contributed by atoms with Gasteiger partial charge in [0.2, 0.25) is 21.8 Å². The number of fused-ring (bicyclic) bond motifs is 1. The molecule has 11 heteroatoms. The number of rotatable bonds is 5. The number of anilines is 1. The van der Waals surface area contributed by atoms with E-state index in [2.05, 4.69) is 10.0 Å². The van der Waals surface area contributed by atoms with Gasteiger partial charge in [0, 0.05) is 29.6 Å². The summed E-state index contributed by atoms with van der Waals surface area (Å²) < 4.78 is 33.2. The molecule has 0 aliphatic carbocycles. The summed E-state index contributed by atoms with van der Waals surface area (Å²) in [5.74, 6) is -0.726. The average Bonchev–Trinajstić information content (AvgIpc) is 2.78. The van der Waals surface area contributed by atoms with Crippen LogP contribution in [-0.4, -0.2) is 56.7 Å². The molecule has 8 nitrogen and oxygen atoms in total. The van der Waals surface area contributed by atoms with Gasteiger partial charge in [-0.05, 0) is 35.9 Å². The molecule has 2 amide bonds. The van der Waals surface area contributed by atoms with Crippen LogP contribution >= 0.6 is 23.4 Å². The number of sulfonamides is 1. The molecular weight excluding hydrogens is 462 g/mol. The van der Waals surface area contributed by atoms with Crippen LogP contribution in [0.25, 0.3) is 0 Å². The lowest BCUT2D eigenvalue weighted by molar-refractivity contribution is -0.137. The highest BCUT2D eigenvalue weighted by Crippen LogP contribution is 2.37. The van der Waals surface area contributed by atoms with Crippen molar-refractivity contribution in [3.8, 4) is 0 Å². The number of carbonyl (C=O) groups excluding carboxylic acids is 2. The van der Waals surface area contributed by atoms with Crippen LogP contribution in [0.2, 0.25) is 5.02 Å². The quantitative estimate of drug-likeness (QED) is 0.634. The number of carbonyl (C=O) groups is 2. The molecular formula is C20H20ClN3O5S2. The summed E-state index contributed by atoms with van der Waals surface area (Å²) in [7, 11) is -3.80.